The molecule has 184 valence electrons. The molecule has 1 aromatic heterocycles. The van der Waals surface area contributed by atoms with E-state index in [1.807, 2.05) is 0 Å². The van der Waals surface area contributed by atoms with Crippen molar-refractivity contribution in [3.05, 3.63) is 47.2 Å². The number of methoxy groups -OCH3 is 1. The Balaban J connectivity index is 2.23. The van der Waals surface area contributed by atoms with Gasteiger partial charge in [-0.05, 0) is 38.1 Å². The van der Waals surface area contributed by atoms with Gasteiger partial charge < -0.3 is 9.47 Å². The Kier molecular flexibility index (Phi) is 6.64. The molecule has 0 bridgehead atoms. The van der Waals surface area contributed by atoms with E-state index in [0.717, 1.165) is 17.4 Å². The maximum Gasteiger partial charge on any atom is 0.264 e. The first-order chi connectivity index (χ1) is 15.7. The fraction of sp³-hybridized carbons (Fsp3) is 0.381. The molecule has 0 spiro atoms. The van der Waals surface area contributed by atoms with Gasteiger partial charge in [-0.3, -0.25) is 19.2 Å². The first kappa shape index (κ1) is 25.4. The molecule has 11 nitrogen and oxygen atoms in total. The second-order valence-electron chi connectivity index (χ2n) is 8.03. The Labute approximate surface area is 198 Å². The lowest BCUT2D eigenvalue weighted by molar-refractivity contribution is 0.0473. The van der Waals surface area contributed by atoms with Crippen LogP contribution in [0.3, 0.4) is 0 Å². The minimum atomic E-state index is -3.76. The second-order valence-corrected chi connectivity index (χ2v) is 11.9. The summed E-state index contributed by atoms with van der Waals surface area (Å²) in [6.07, 6.45) is 1.89. The van der Waals surface area contributed by atoms with E-state index in [2.05, 4.69) is 9.71 Å². The largest absolute Gasteiger partial charge is 0.491 e. The number of hydrogen-bond donors (Lipinski definition) is 1. The molecular formula is C21H25N3O8S2. The van der Waals surface area contributed by atoms with Crippen LogP contribution in [0.2, 0.25) is 0 Å². The highest BCUT2D eigenvalue weighted by molar-refractivity contribution is 7.92. The van der Waals surface area contributed by atoms with Crippen LogP contribution >= 0.6 is 0 Å². The number of anilines is 1. The number of hydrogen-bond acceptors (Lipinski definition) is 9. The van der Waals surface area contributed by atoms with Crippen molar-refractivity contribution in [2.45, 2.75) is 19.4 Å². The number of aromatic nitrogens is 1. The molecule has 0 radical (unpaired) electrons. The van der Waals surface area contributed by atoms with E-state index >= 15 is 0 Å². The first-order valence-electron chi connectivity index (χ1n) is 10.1. The fourth-order valence-corrected chi connectivity index (χ4v) is 5.77. The Morgan fingerprint density at radius 2 is 1.74 bits per heavy atom. The number of nitrogens with zero attached hydrogens (tertiary/aromatic N) is 2. The summed E-state index contributed by atoms with van der Waals surface area (Å²) in [5, 5.41) is 0. The van der Waals surface area contributed by atoms with E-state index < -0.39 is 43.0 Å². The van der Waals surface area contributed by atoms with Crippen LogP contribution in [0.1, 0.15) is 40.3 Å². The van der Waals surface area contributed by atoms with Gasteiger partial charge in [-0.2, -0.15) is 0 Å². The number of pyridine rings is 1. The average Bonchev–Trinajstić information content (AvgIpc) is 2.97. The predicted octanol–water partition coefficient (Wildman–Crippen LogP) is 1.42. The maximum atomic E-state index is 13.5. The first-order valence-corrected chi connectivity index (χ1v) is 14.0. The van der Waals surface area contributed by atoms with Crippen molar-refractivity contribution in [3.63, 3.8) is 0 Å². The van der Waals surface area contributed by atoms with E-state index in [-0.39, 0.29) is 40.7 Å². The number of nitrogens with one attached hydrogen (secondary N) is 1. The number of carbonyl (C=O) groups is 2. The van der Waals surface area contributed by atoms with Gasteiger partial charge in [0.1, 0.15) is 15.4 Å². The van der Waals surface area contributed by atoms with Crippen LogP contribution in [0.15, 0.2) is 30.3 Å². The molecule has 0 fully saturated rings. The third-order valence-electron chi connectivity index (χ3n) is 5.13. The van der Waals surface area contributed by atoms with Crippen molar-refractivity contribution in [2.75, 3.05) is 36.7 Å². The van der Waals surface area contributed by atoms with Gasteiger partial charge in [0.25, 0.3) is 17.7 Å². The van der Waals surface area contributed by atoms with Crippen molar-refractivity contribution < 1.29 is 35.9 Å². The van der Waals surface area contributed by atoms with Crippen LogP contribution in [0.5, 0.6) is 11.6 Å². The number of benzene rings is 1. The normalized spacial score (nSPS) is 15.6. The van der Waals surface area contributed by atoms with Crippen LogP contribution in [0.25, 0.3) is 0 Å². The molecule has 13 heteroatoms. The van der Waals surface area contributed by atoms with Crippen molar-refractivity contribution >= 4 is 37.4 Å². The number of imide groups is 1. The van der Waals surface area contributed by atoms with Gasteiger partial charge in [-0.25, -0.2) is 21.8 Å². The van der Waals surface area contributed by atoms with Gasteiger partial charge in [0.05, 0.1) is 48.2 Å². The number of amides is 2. The number of rotatable bonds is 9. The van der Waals surface area contributed by atoms with Gasteiger partial charge in [0.15, 0.2) is 5.75 Å². The Bertz CT molecular complexity index is 1370. The fourth-order valence-electron chi connectivity index (χ4n) is 3.91. The summed E-state index contributed by atoms with van der Waals surface area (Å²) in [6.45, 7) is 3.37. The molecule has 1 aliphatic rings. The molecule has 34 heavy (non-hydrogen) atoms. The highest BCUT2D eigenvalue weighted by Gasteiger charge is 2.51. The molecule has 2 heterocycles. The number of fused-ring (bicyclic) bond motifs is 1. The molecule has 1 N–H and O–H groups in total. The zero-order valence-corrected chi connectivity index (χ0v) is 20.9. The van der Waals surface area contributed by atoms with Crippen LogP contribution in [-0.4, -0.2) is 70.5 Å². The standard InChI is InChI=1S/C21H25N3O8S2/c1-6-32-18-15(31-3)10-11-16(22-18)21(2,12-33(4,27)28)24-19(25)13-8-7-9-14(17(13)20(24)26)23-34(5,29)30/h7-11,23H,6,12H2,1-5H3/t21-/m1/s1. The highest BCUT2D eigenvalue weighted by Crippen LogP contribution is 2.40. The van der Waals surface area contributed by atoms with Gasteiger partial charge >= 0.3 is 0 Å². The number of sulfonamides is 1. The average molecular weight is 512 g/mol. The van der Waals surface area contributed by atoms with Gasteiger partial charge in [0, 0.05) is 6.26 Å². The zero-order valence-electron chi connectivity index (χ0n) is 19.3. The van der Waals surface area contributed by atoms with Crippen molar-refractivity contribution in [3.8, 4) is 11.6 Å². The summed E-state index contributed by atoms with van der Waals surface area (Å²) < 4.78 is 61.4. The topological polar surface area (TPSA) is 149 Å². The predicted molar refractivity (Wildman–Crippen MR) is 124 cm³/mol. The molecule has 3 rings (SSSR count). The molecule has 2 aromatic rings. The molecule has 0 aliphatic carbocycles. The van der Waals surface area contributed by atoms with Gasteiger partial charge in [-0.1, -0.05) is 6.07 Å². The number of sulfone groups is 1. The molecule has 0 unspecified atom stereocenters. The van der Waals surface area contributed by atoms with E-state index in [4.69, 9.17) is 9.47 Å². The third-order valence-corrected chi connectivity index (χ3v) is 6.80. The summed E-state index contributed by atoms with van der Waals surface area (Å²) in [4.78, 5) is 32.1. The van der Waals surface area contributed by atoms with Crippen LogP contribution < -0.4 is 14.2 Å². The number of ether oxygens (including phenoxy) is 2. The van der Waals surface area contributed by atoms with Crippen LogP contribution in [0.4, 0.5) is 5.69 Å². The minimum absolute atomic E-state index is 0.0584. The quantitative estimate of drug-likeness (QED) is 0.493. The van der Waals surface area contributed by atoms with Crippen molar-refractivity contribution in [1.29, 1.82) is 0 Å². The Morgan fingerprint density at radius 1 is 1.06 bits per heavy atom. The lowest BCUT2D eigenvalue weighted by atomic mass is 9.96. The molecule has 1 aromatic carbocycles. The monoisotopic (exact) mass is 511 g/mol. The lowest BCUT2D eigenvalue weighted by Gasteiger charge is -2.36. The third kappa shape index (κ3) is 4.85. The zero-order chi connectivity index (χ0) is 25.5. The Morgan fingerprint density at radius 3 is 2.29 bits per heavy atom. The molecule has 1 atom stereocenters. The van der Waals surface area contributed by atoms with Crippen LogP contribution in [-0.2, 0) is 25.4 Å². The molecule has 0 saturated carbocycles. The summed E-state index contributed by atoms with van der Waals surface area (Å²) in [6, 6.07) is 7.10. The maximum absolute atomic E-state index is 13.5. The molecular weight excluding hydrogens is 486 g/mol. The van der Waals surface area contributed by atoms with Crippen LogP contribution in [0, 0.1) is 0 Å². The van der Waals surface area contributed by atoms with Crippen molar-refractivity contribution in [2.24, 2.45) is 0 Å². The summed E-state index contributed by atoms with van der Waals surface area (Å²) in [5.74, 6) is -1.91. The Hall–Kier alpha value is -3.19. The van der Waals surface area contributed by atoms with E-state index in [0.29, 0.717) is 0 Å². The summed E-state index contributed by atoms with van der Waals surface area (Å²) in [5.41, 5.74) is -1.98. The molecule has 0 saturated heterocycles. The van der Waals surface area contributed by atoms with Gasteiger partial charge in [0.2, 0.25) is 10.0 Å². The molecule has 1 aliphatic heterocycles. The minimum Gasteiger partial charge on any atom is -0.491 e. The summed E-state index contributed by atoms with van der Waals surface area (Å²) >= 11 is 0. The summed E-state index contributed by atoms with van der Waals surface area (Å²) in [7, 11) is -6.10. The smallest absolute Gasteiger partial charge is 0.264 e. The second kappa shape index (κ2) is 8.87. The SMILES string of the molecule is CCOc1nc([C@@](C)(CS(C)(=O)=O)N2C(=O)c3cccc(NS(C)(=O)=O)c3C2=O)ccc1OC. The van der Waals surface area contributed by atoms with E-state index in [1.54, 1.807) is 6.92 Å². The van der Waals surface area contributed by atoms with Gasteiger partial charge in [-0.15, -0.1) is 0 Å². The number of carbonyl (C=O) groups excluding carboxylic acids is 2. The molecule has 2 amide bonds. The van der Waals surface area contributed by atoms with Crippen molar-refractivity contribution in [1.82, 2.24) is 9.88 Å². The lowest BCUT2D eigenvalue weighted by Crippen LogP contribution is -2.52. The highest BCUT2D eigenvalue weighted by atomic mass is 32.2. The van der Waals surface area contributed by atoms with E-state index in [9.17, 15) is 26.4 Å². The van der Waals surface area contributed by atoms with E-state index in [1.165, 1.54) is 44.4 Å².